The Balaban J connectivity index is 1.69. The number of nitrogens with one attached hydrogen (secondary N) is 1. The number of aryl methyl sites for hydroxylation is 1. The van der Waals surface area contributed by atoms with Gasteiger partial charge < -0.3 is 0 Å². The van der Waals surface area contributed by atoms with E-state index in [2.05, 4.69) is 98.7 Å². The van der Waals surface area contributed by atoms with Crippen molar-refractivity contribution < 1.29 is 4.68 Å². The van der Waals surface area contributed by atoms with Crippen molar-refractivity contribution in [3.63, 3.8) is 0 Å². The first-order valence-corrected chi connectivity index (χ1v) is 11.4. The van der Waals surface area contributed by atoms with E-state index in [1.807, 2.05) is 0 Å². The number of H-pyrrole nitrogens is 1. The molecule has 0 spiro atoms. The minimum absolute atomic E-state index is 0.0151. The van der Waals surface area contributed by atoms with Crippen LogP contribution in [0.2, 0.25) is 0 Å². The molecule has 31 heavy (non-hydrogen) atoms. The number of hydrogen-bond donors (Lipinski definition) is 1. The second-order valence-corrected chi connectivity index (χ2v) is 11.0. The quantitative estimate of drug-likeness (QED) is 0.582. The van der Waals surface area contributed by atoms with Crippen LogP contribution < -0.4 is 4.68 Å². The molecule has 2 unspecified atom stereocenters. The van der Waals surface area contributed by atoms with Gasteiger partial charge in [0.05, 0.1) is 0 Å². The van der Waals surface area contributed by atoms with Crippen LogP contribution in [-0.4, -0.2) is 20.1 Å². The molecule has 2 atom stereocenters. The Morgan fingerprint density at radius 2 is 1.71 bits per heavy atom. The smallest absolute Gasteiger partial charge is 0.213 e. The summed E-state index contributed by atoms with van der Waals surface area (Å²) in [6.07, 6.45) is 5.25. The Hall–Kier alpha value is -2.56. The number of benzene rings is 1. The molecule has 1 aliphatic rings. The molecule has 1 aliphatic carbocycles. The van der Waals surface area contributed by atoms with Crippen LogP contribution in [0.15, 0.2) is 36.7 Å². The Bertz CT molecular complexity index is 1070. The van der Waals surface area contributed by atoms with Crippen LogP contribution in [0.5, 0.6) is 0 Å². The van der Waals surface area contributed by atoms with Crippen molar-refractivity contribution in [1.29, 1.82) is 0 Å². The highest BCUT2D eigenvalue weighted by Crippen LogP contribution is 2.43. The lowest BCUT2D eigenvalue weighted by atomic mass is 9.67. The average molecular weight is 419 g/mol. The lowest BCUT2D eigenvalue weighted by molar-refractivity contribution is -0.735. The van der Waals surface area contributed by atoms with Gasteiger partial charge >= 0.3 is 0 Å². The van der Waals surface area contributed by atoms with E-state index in [1.54, 1.807) is 6.33 Å². The topological polar surface area (TPSA) is 58.3 Å². The third kappa shape index (κ3) is 4.41. The maximum atomic E-state index is 4.97. The van der Waals surface area contributed by atoms with Gasteiger partial charge in [-0.2, -0.15) is 5.10 Å². The molecule has 164 valence electrons. The van der Waals surface area contributed by atoms with Crippen LogP contribution in [-0.2, 0) is 17.9 Å². The molecule has 0 aliphatic heterocycles. The maximum Gasteiger partial charge on any atom is 0.213 e. The van der Waals surface area contributed by atoms with Crippen LogP contribution in [0.1, 0.15) is 72.3 Å². The lowest BCUT2D eigenvalue weighted by Gasteiger charge is -2.39. The third-order valence-corrected chi connectivity index (χ3v) is 6.65. The molecule has 0 radical (unpaired) electrons. The number of hydrogen-bond acceptors (Lipinski definition) is 3. The molecule has 0 amide bonds. The van der Waals surface area contributed by atoms with E-state index >= 15 is 0 Å². The summed E-state index contributed by atoms with van der Waals surface area (Å²) in [5.41, 5.74) is 4.62. The summed E-state index contributed by atoms with van der Waals surface area (Å²) in [5.74, 6) is 3.08. The predicted molar refractivity (Wildman–Crippen MR) is 124 cm³/mol. The van der Waals surface area contributed by atoms with E-state index in [0.29, 0.717) is 11.8 Å². The normalized spacial score (nSPS) is 24.4. The average Bonchev–Trinajstić information content (AvgIpc) is 3.09. The molecular formula is C26H36N5+. The van der Waals surface area contributed by atoms with E-state index in [1.165, 1.54) is 12.1 Å². The minimum Gasteiger partial charge on any atom is -0.221 e. The van der Waals surface area contributed by atoms with Crippen LogP contribution in [0.25, 0.3) is 22.6 Å². The molecule has 4 rings (SSSR count). The first-order chi connectivity index (χ1) is 14.5. The largest absolute Gasteiger partial charge is 0.221 e. The molecular weight excluding hydrogens is 382 g/mol. The Morgan fingerprint density at radius 1 is 1.03 bits per heavy atom. The fraction of sp³-hybridized carbons (Fsp3) is 0.538. The van der Waals surface area contributed by atoms with Gasteiger partial charge in [-0.15, -0.1) is 4.68 Å². The van der Waals surface area contributed by atoms with E-state index in [9.17, 15) is 0 Å². The highest BCUT2D eigenvalue weighted by atomic mass is 15.3. The van der Waals surface area contributed by atoms with Gasteiger partial charge in [0.2, 0.25) is 5.69 Å². The van der Waals surface area contributed by atoms with Gasteiger partial charge in [0.15, 0.2) is 12.9 Å². The fourth-order valence-corrected chi connectivity index (χ4v) is 5.58. The molecule has 2 aromatic heterocycles. The number of nitrogens with zero attached hydrogens (tertiary/aromatic N) is 4. The molecule has 1 aromatic carbocycles. The minimum atomic E-state index is 0.0151. The standard InChI is InChI=1S/C26H35N5/c1-17-11-18(2)15-26(6,14-17)24-28-16-27-23(29-24)20-10-8-9-19(12-20)21-13-22(25(3,4)5)31(7)30-21/h8-10,12-13,16-18H,11,14-15H2,1-7H3/p+1. The van der Waals surface area contributed by atoms with Crippen molar-refractivity contribution in [1.82, 2.24) is 20.1 Å². The summed E-state index contributed by atoms with van der Waals surface area (Å²) in [7, 11) is 2.07. The molecule has 2 heterocycles. The zero-order valence-corrected chi connectivity index (χ0v) is 20.0. The number of aromatic nitrogens is 5. The summed E-state index contributed by atoms with van der Waals surface area (Å²) in [6, 6.07) is 10.7. The van der Waals surface area contributed by atoms with Crippen LogP contribution in [0.4, 0.5) is 0 Å². The molecule has 3 aromatic rings. The summed E-state index contributed by atoms with van der Waals surface area (Å²) in [5, 5.41) is 3.49. The van der Waals surface area contributed by atoms with Crippen molar-refractivity contribution in [2.24, 2.45) is 18.9 Å². The third-order valence-electron chi connectivity index (χ3n) is 6.65. The van der Waals surface area contributed by atoms with E-state index in [0.717, 1.165) is 41.3 Å². The van der Waals surface area contributed by atoms with Crippen molar-refractivity contribution in [3.05, 3.63) is 48.2 Å². The Labute approximate surface area is 186 Å². The van der Waals surface area contributed by atoms with E-state index < -0.39 is 0 Å². The van der Waals surface area contributed by atoms with Crippen molar-refractivity contribution >= 4 is 0 Å². The summed E-state index contributed by atoms with van der Waals surface area (Å²) in [4.78, 5) is 14.1. The van der Waals surface area contributed by atoms with Gasteiger partial charge in [0.25, 0.3) is 0 Å². The highest BCUT2D eigenvalue weighted by molar-refractivity contribution is 5.67. The second kappa shape index (κ2) is 7.85. The van der Waals surface area contributed by atoms with E-state index in [4.69, 9.17) is 4.98 Å². The SMILES string of the molecule is CC1CC(C)CC(C)(c2ncnc(-c3cccc(-c4cc(C(C)(C)C)[n+](C)[nH]4)c3)n2)C1. The lowest BCUT2D eigenvalue weighted by Crippen LogP contribution is -2.39. The van der Waals surface area contributed by atoms with Crippen molar-refractivity contribution in [2.75, 3.05) is 0 Å². The zero-order chi connectivity index (χ0) is 22.4. The van der Waals surface area contributed by atoms with Gasteiger partial charge in [0, 0.05) is 28.0 Å². The van der Waals surface area contributed by atoms with Gasteiger partial charge in [-0.3, -0.25) is 0 Å². The first kappa shape index (κ1) is 21.7. The van der Waals surface area contributed by atoms with Crippen molar-refractivity contribution in [3.8, 4) is 22.6 Å². The Kier molecular flexibility index (Phi) is 5.48. The molecule has 1 fully saturated rings. The molecule has 0 bridgehead atoms. The van der Waals surface area contributed by atoms with Gasteiger partial charge in [-0.05, 0) is 37.2 Å². The molecule has 5 nitrogen and oxygen atoms in total. The van der Waals surface area contributed by atoms with Crippen LogP contribution >= 0.6 is 0 Å². The fourth-order valence-electron chi connectivity index (χ4n) is 5.58. The molecule has 5 heteroatoms. The summed E-state index contributed by atoms with van der Waals surface area (Å²) < 4.78 is 2.11. The van der Waals surface area contributed by atoms with Crippen LogP contribution in [0, 0.1) is 11.8 Å². The van der Waals surface area contributed by atoms with E-state index in [-0.39, 0.29) is 10.8 Å². The van der Waals surface area contributed by atoms with Gasteiger partial charge in [-0.25, -0.2) is 15.0 Å². The highest BCUT2D eigenvalue weighted by Gasteiger charge is 2.38. The zero-order valence-electron chi connectivity index (χ0n) is 20.0. The monoisotopic (exact) mass is 418 g/mol. The first-order valence-electron chi connectivity index (χ1n) is 11.4. The summed E-state index contributed by atoms with van der Waals surface area (Å²) >= 11 is 0. The van der Waals surface area contributed by atoms with Crippen molar-refractivity contribution in [2.45, 2.75) is 71.6 Å². The van der Waals surface area contributed by atoms with Gasteiger partial charge in [0.1, 0.15) is 17.8 Å². The maximum absolute atomic E-state index is 4.97. The second-order valence-electron chi connectivity index (χ2n) is 11.0. The molecule has 0 saturated heterocycles. The number of aromatic amines is 1. The van der Waals surface area contributed by atoms with Crippen LogP contribution in [0.3, 0.4) is 0 Å². The summed E-state index contributed by atoms with van der Waals surface area (Å²) in [6.45, 7) is 13.7. The molecule has 1 N–H and O–H groups in total. The predicted octanol–water partition coefficient (Wildman–Crippen LogP) is 5.37. The molecule has 1 saturated carbocycles. The Morgan fingerprint density at radius 3 is 2.35 bits per heavy atom. The number of rotatable bonds is 3. The van der Waals surface area contributed by atoms with Gasteiger partial charge in [-0.1, -0.05) is 59.7 Å².